The molecule has 1 fully saturated rings. The van der Waals surface area contributed by atoms with Crippen LogP contribution in [0.2, 0.25) is 0 Å². The van der Waals surface area contributed by atoms with Crippen molar-refractivity contribution >= 4 is 5.97 Å². The summed E-state index contributed by atoms with van der Waals surface area (Å²) in [5.74, 6) is -0.995. The third-order valence-corrected chi connectivity index (χ3v) is 3.86. The maximum Gasteiger partial charge on any atom is 0.307 e. The van der Waals surface area contributed by atoms with Crippen molar-refractivity contribution in [2.45, 2.75) is 52.1 Å². The Labute approximate surface area is 104 Å². The molecular weight excluding hydrogens is 216 g/mol. The smallest absolute Gasteiger partial charge is 0.307 e. The van der Waals surface area contributed by atoms with Crippen LogP contribution in [-0.2, 0) is 4.79 Å². The zero-order valence-corrected chi connectivity index (χ0v) is 11.3. The highest BCUT2D eigenvalue weighted by Crippen LogP contribution is 2.19. The first kappa shape index (κ1) is 14.5. The number of rotatable bonds is 6. The number of nitrogens with one attached hydrogen (secondary N) is 1. The molecule has 17 heavy (non-hydrogen) atoms. The van der Waals surface area contributed by atoms with E-state index in [-0.39, 0.29) is 12.0 Å². The minimum atomic E-state index is -0.692. The van der Waals surface area contributed by atoms with Crippen LogP contribution in [0.15, 0.2) is 0 Å². The number of hydrogen-bond donors (Lipinski definition) is 2. The average Bonchev–Trinajstić information content (AvgIpc) is 2.35. The third kappa shape index (κ3) is 3.96. The van der Waals surface area contributed by atoms with Crippen molar-refractivity contribution in [1.29, 1.82) is 0 Å². The van der Waals surface area contributed by atoms with Crippen LogP contribution in [0.4, 0.5) is 0 Å². The third-order valence-electron chi connectivity index (χ3n) is 3.86. The van der Waals surface area contributed by atoms with Crippen molar-refractivity contribution in [2.75, 3.05) is 19.6 Å². The largest absolute Gasteiger partial charge is 0.481 e. The van der Waals surface area contributed by atoms with Crippen molar-refractivity contribution < 1.29 is 9.90 Å². The van der Waals surface area contributed by atoms with Gasteiger partial charge in [-0.15, -0.1) is 0 Å². The van der Waals surface area contributed by atoms with E-state index in [0.717, 1.165) is 26.1 Å². The van der Waals surface area contributed by atoms with Gasteiger partial charge in [-0.3, -0.25) is 9.69 Å². The van der Waals surface area contributed by atoms with Crippen LogP contribution >= 0.6 is 0 Å². The van der Waals surface area contributed by atoms with Gasteiger partial charge in [-0.25, -0.2) is 0 Å². The first-order chi connectivity index (χ1) is 8.07. The fourth-order valence-electron chi connectivity index (χ4n) is 2.59. The Morgan fingerprint density at radius 2 is 2.24 bits per heavy atom. The number of piperidine rings is 1. The maximum absolute atomic E-state index is 11.1. The van der Waals surface area contributed by atoms with E-state index in [9.17, 15) is 4.79 Å². The van der Waals surface area contributed by atoms with Crippen LogP contribution in [0, 0.1) is 5.92 Å². The summed E-state index contributed by atoms with van der Waals surface area (Å²) in [5.41, 5.74) is 0. The zero-order valence-electron chi connectivity index (χ0n) is 11.3. The molecule has 0 aromatic heterocycles. The highest BCUT2D eigenvalue weighted by molar-refractivity contribution is 5.70. The first-order valence-electron chi connectivity index (χ1n) is 6.77. The van der Waals surface area contributed by atoms with Gasteiger partial charge in [-0.1, -0.05) is 13.8 Å². The minimum Gasteiger partial charge on any atom is -0.481 e. The molecule has 0 radical (unpaired) electrons. The molecule has 0 saturated carbocycles. The van der Waals surface area contributed by atoms with Gasteiger partial charge >= 0.3 is 5.97 Å². The van der Waals surface area contributed by atoms with Crippen LogP contribution in [0.3, 0.4) is 0 Å². The maximum atomic E-state index is 11.1. The Bertz CT molecular complexity index is 240. The van der Waals surface area contributed by atoms with Gasteiger partial charge in [0.05, 0.1) is 5.92 Å². The van der Waals surface area contributed by atoms with Crippen LogP contribution in [0.5, 0.6) is 0 Å². The molecule has 3 atom stereocenters. The lowest BCUT2D eigenvalue weighted by atomic mass is 9.97. The van der Waals surface area contributed by atoms with Gasteiger partial charge in [-0.2, -0.15) is 0 Å². The van der Waals surface area contributed by atoms with E-state index in [1.54, 1.807) is 0 Å². The summed E-state index contributed by atoms with van der Waals surface area (Å²) in [6, 6.07) is 0.609. The normalized spacial score (nSPS) is 24.6. The second kappa shape index (κ2) is 6.97. The summed E-state index contributed by atoms with van der Waals surface area (Å²) in [6.45, 7) is 9.09. The molecule has 0 bridgehead atoms. The standard InChI is InChI=1S/C13H26N2O2/c1-4-8-15(11(3)10(2)13(16)17)12-6-5-7-14-9-12/h10-12,14H,4-9H2,1-3H3,(H,16,17). The molecule has 1 saturated heterocycles. The predicted octanol–water partition coefficient (Wildman–Crippen LogP) is 1.56. The molecule has 4 nitrogen and oxygen atoms in total. The Kier molecular flexibility index (Phi) is 5.92. The number of carbonyl (C=O) groups is 1. The van der Waals surface area contributed by atoms with Gasteiger partial charge in [0.1, 0.15) is 0 Å². The molecule has 0 aromatic carbocycles. The van der Waals surface area contributed by atoms with Crippen molar-refractivity contribution in [2.24, 2.45) is 5.92 Å². The lowest BCUT2D eigenvalue weighted by Gasteiger charge is -2.40. The summed E-state index contributed by atoms with van der Waals surface area (Å²) in [4.78, 5) is 13.5. The lowest BCUT2D eigenvalue weighted by molar-refractivity contribution is -0.143. The number of aliphatic carboxylic acids is 1. The molecule has 1 rings (SSSR count). The summed E-state index contributed by atoms with van der Waals surface area (Å²) >= 11 is 0. The Balaban J connectivity index is 2.65. The van der Waals surface area contributed by atoms with Gasteiger partial charge in [-0.05, 0) is 39.3 Å². The topological polar surface area (TPSA) is 52.6 Å². The Hall–Kier alpha value is -0.610. The molecule has 0 aliphatic carbocycles. The van der Waals surface area contributed by atoms with E-state index in [2.05, 4.69) is 17.1 Å². The molecule has 3 unspecified atom stereocenters. The monoisotopic (exact) mass is 242 g/mol. The fraction of sp³-hybridized carbons (Fsp3) is 0.923. The molecule has 0 spiro atoms. The van der Waals surface area contributed by atoms with E-state index >= 15 is 0 Å². The Morgan fingerprint density at radius 1 is 1.53 bits per heavy atom. The van der Waals surface area contributed by atoms with Crippen molar-refractivity contribution in [3.05, 3.63) is 0 Å². The van der Waals surface area contributed by atoms with E-state index in [1.807, 2.05) is 13.8 Å². The van der Waals surface area contributed by atoms with Crippen LogP contribution in [0.25, 0.3) is 0 Å². The van der Waals surface area contributed by atoms with Crippen molar-refractivity contribution in [3.8, 4) is 0 Å². The minimum absolute atomic E-state index is 0.109. The SMILES string of the molecule is CCCN(C1CCCNC1)C(C)C(C)C(=O)O. The van der Waals surface area contributed by atoms with Gasteiger partial charge in [0.2, 0.25) is 0 Å². The summed E-state index contributed by atoms with van der Waals surface area (Å²) in [7, 11) is 0. The first-order valence-corrected chi connectivity index (χ1v) is 6.77. The number of carboxylic acids is 1. The molecule has 100 valence electrons. The molecule has 1 heterocycles. The van der Waals surface area contributed by atoms with Crippen LogP contribution < -0.4 is 5.32 Å². The molecule has 0 amide bonds. The number of nitrogens with zero attached hydrogens (tertiary/aromatic N) is 1. The van der Waals surface area contributed by atoms with E-state index in [4.69, 9.17) is 5.11 Å². The van der Waals surface area contributed by atoms with E-state index in [0.29, 0.717) is 6.04 Å². The predicted molar refractivity (Wildman–Crippen MR) is 69.2 cm³/mol. The quantitative estimate of drug-likeness (QED) is 0.742. The van der Waals surface area contributed by atoms with Gasteiger partial charge in [0.15, 0.2) is 0 Å². The molecule has 2 N–H and O–H groups in total. The van der Waals surface area contributed by atoms with Gasteiger partial charge in [0.25, 0.3) is 0 Å². The Morgan fingerprint density at radius 3 is 2.71 bits per heavy atom. The van der Waals surface area contributed by atoms with E-state index < -0.39 is 5.97 Å². The average molecular weight is 242 g/mol. The van der Waals surface area contributed by atoms with Crippen molar-refractivity contribution in [3.63, 3.8) is 0 Å². The second-order valence-corrected chi connectivity index (χ2v) is 5.11. The highest BCUT2D eigenvalue weighted by atomic mass is 16.4. The molecule has 1 aliphatic rings. The van der Waals surface area contributed by atoms with Crippen LogP contribution in [0.1, 0.15) is 40.0 Å². The number of hydrogen-bond acceptors (Lipinski definition) is 3. The van der Waals surface area contributed by atoms with Crippen LogP contribution in [-0.4, -0.2) is 47.7 Å². The highest BCUT2D eigenvalue weighted by Gasteiger charge is 2.30. The lowest BCUT2D eigenvalue weighted by Crippen LogP contribution is -2.52. The summed E-state index contributed by atoms with van der Waals surface area (Å²) < 4.78 is 0. The summed E-state index contributed by atoms with van der Waals surface area (Å²) in [6.07, 6.45) is 3.45. The fourth-order valence-corrected chi connectivity index (χ4v) is 2.59. The molecule has 0 aromatic rings. The summed E-state index contributed by atoms with van der Waals surface area (Å²) in [5, 5.41) is 12.5. The molecule has 4 heteroatoms. The molecule has 1 aliphatic heterocycles. The van der Waals surface area contributed by atoms with Gasteiger partial charge < -0.3 is 10.4 Å². The van der Waals surface area contributed by atoms with Gasteiger partial charge in [0, 0.05) is 18.6 Å². The second-order valence-electron chi connectivity index (χ2n) is 5.11. The van der Waals surface area contributed by atoms with Crippen molar-refractivity contribution in [1.82, 2.24) is 10.2 Å². The molecular formula is C13H26N2O2. The number of carboxylic acid groups (broad SMARTS) is 1. The van der Waals surface area contributed by atoms with E-state index in [1.165, 1.54) is 12.8 Å². The zero-order chi connectivity index (χ0) is 12.8.